The van der Waals surface area contributed by atoms with Gasteiger partial charge in [0.25, 0.3) is 0 Å². The number of nitrogens with zero attached hydrogens (tertiary/aromatic N) is 7. The van der Waals surface area contributed by atoms with Crippen molar-refractivity contribution in [3.05, 3.63) is 58.5 Å². The topological polar surface area (TPSA) is 80.8 Å². The quantitative estimate of drug-likeness (QED) is 0.283. The smallest absolute Gasteiger partial charge is 0.228 e. The Morgan fingerprint density at radius 3 is 2.45 bits per heavy atom. The molecule has 1 aliphatic heterocycles. The zero-order chi connectivity index (χ0) is 28.7. The highest BCUT2D eigenvalue weighted by Crippen LogP contribution is 2.65. The van der Waals surface area contributed by atoms with Crippen LogP contribution in [0.15, 0.2) is 36.4 Å². The summed E-state index contributed by atoms with van der Waals surface area (Å²) in [5.74, 6) is 1.27. The highest BCUT2D eigenvalue weighted by molar-refractivity contribution is 7.16. The van der Waals surface area contributed by atoms with Gasteiger partial charge < -0.3 is 14.7 Å². The number of carbonyl (C=O) groups is 1. The second kappa shape index (κ2) is 9.27. The van der Waals surface area contributed by atoms with Crippen molar-refractivity contribution in [2.24, 2.45) is 11.3 Å². The fourth-order valence-electron chi connectivity index (χ4n) is 7.12. The van der Waals surface area contributed by atoms with Gasteiger partial charge in [0.15, 0.2) is 5.13 Å². The van der Waals surface area contributed by atoms with E-state index in [1.54, 1.807) is 12.1 Å². The SMILES string of the molecule is Cc1cc(N2CCN(C(=O)C34CC(C3)C4)CC2)cc2c(N(C)c3nc(-c4ccc(F)cc4)c(C#N)s3)c(C3CC3)nn12. The lowest BCUT2D eigenvalue weighted by Crippen LogP contribution is -2.63. The van der Waals surface area contributed by atoms with Gasteiger partial charge in [-0.15, -0.1) is 0 Å². The van der Waals surface area contributed by atoms with Crippen LogP contribution in [0.1, 0.15) is 54.3 Å². The number of halogens is 1. The van der Waals surface area contributed by atoms with Crippen LogP contribution in [0.2, 0.25) is 0 Å². The van der Waals surface area contributed by atoms with Crippen LogP contribution >= 0.6 is 11.3 Å². The Balaban J connectivity index is 1.12. The van der Waals surface area contributed by atoms with Crippen LogP contribution in [-0.2, 0) is 4.79 Å². The predicted octanol–water partition coefficient (Wildman–Crippen LogP) is 5.87. The van der Waals surface area contributed by atoms with Gasteiger partial charge in [-0.3, -0.25) is 4.79 Å². The number of nitriles is 1. The van der Waals surface area contributed by atoms with Crippen LogP contribution in [0.4, 0.5) is 20.9 Å². The van der Waals surface area contributed by atoms with Crippen LogP contribution in [0.5, 0.6) is 0 Å². The highest BCUT2D eigenvalue weighted by atomic mass is 32.1. The molecule has 4 aromatic rings. The summed E-state index contributed by atoms with van der Waals surface area (Å²) in [6, 6.07) is 12.8. The van der Waals surface area contributed by atoms with E-state index in [4.69, 9.17) is 10.1 Å². The summed E-state index contributed by atoms with van der Waals surface area (Å²) in [6.45, 7) is 5.24. The van der Waals surface area contributed by atoms with Gasteiger partial charge in [-0.25, -0.2) is 13.9 Å². The van der Waals surface area contributed by atoms with Crippen molar-refractivity contribution in [2.45, 2.75) is 44.9 Å². The fourth-order valence-corrected chi connectivity index (χ4v) is 7.98. The molecule has 5 aliphatic rings. The predicted molar refractivity (Wildman–Crippen MR) is 161 cm³/mol. The fraction of sp³-hybridized carbons (Fsp3) is 0.438. The van der Waals surface area contributed by atoms with E-state index in [0.717, 1.165) is 98.0 Å². The number of amides is 1. The Labute approximate surface area is 248 Å². The minimum absolute atomic E-state index is 0.0174. The summed E-state index contributed by atoms with van der Waals surface area (Å²) >= 11 is 1.34. The zero-order valence-electron chi connectivity index (χ0n) is 23.8. The van der Waals surface area contributed by atoms with Crippen molar-refractivity contribution in [3.63, 3.8) is 0 Å². The monoisotopic (exact) mass is 581 g/mol. The standard InChI is InChI=1S/C32H32FN7OS/c1-19-13-24(38-9-11-39(12-10-38)30(41)32-15-20(16-32)17-32)14-25-29(28(22-3-4-22)36-40(19)25)37(2)31-35-27(26(18-34)42-31)21-5-7-23(33)8-6-21/h5-8,13-14,20,22H,3-4,9-12,15-17H2,1-2H3. The van der Waals surface area contributed by atoms with Crippen LogP contribution in [0.3, 0.4) is 0 Å². The number of pyridine rings is 1. The van der Waals surface area contributed by atoms with E-state index in [1.807, 2.05) is 11.6 Å². The number of anilines is 3. The number of rotatable bonds is 6. The second-order valence-electron chi connectivity index (χ2n) is 12.5. The van der Waals surface area contributed by atoms with Crippen molar-refractivity contribution < 1.29 is 9.18 Å². The zero-order valence-corrected chi connectivity index (χ0v) is 24.6. The van der Waals surface area contributed by atoms with E-state index in [2.05, 4.69) is 39.8 Å². The molecule has 0 spiro atoms. The van der Waals surface area contributed by atoms with Gasteiger partial charge >= 0.3 is 0 Å². The van der Waals surface area contributed by atoms with Gasteiger partial charge in [0.2, 0.25) is 5.91 Å². The molecule has 214 valence electrons. The molecule has 0 unspecified atom stereocenters. The molecule has 9 rings (SSSR count). The minimum Gasteiger partial charge on any atom is -0.368 e. The first kappa shape index (κ1) is 25.7. The first-order chi connectivity index (χ1) is 20.3. The Morgan fingerprint density at radius 1 is 1.12 bits per heavy atom. The van der Waals surface area contributed by atoms with E-state index in [9.17, 15) is 14.4 Å². The largest absolute Gasteiger partial charge is 0.368 e. The van der Waals surface area contributed by atoms with E-state index in [1.165, 1.54) is 23.5 Å². The number of hydrogen-bond donors (Lipinski definition) is 0. The summed E-state index contributed by atoms with van der Waals surface area (Å²) in [5.41, 5.74) is 6.55. The molecule has 0 N–H and O–H groups in total. The molecule has 2 bridgehead atoms. The van der Waals surface area contributed by atoms with E-state index >= 15 is 0 Å². The van der Waals surface area contributed by atoms with Gasteiger partial charge in [0, 0.05) is 56.1 Å². The summed E-state index contributed by atoms with van der Waals surface area (Å²) in [7, 11) is 1.99. The normalized spacial score (nSPS) is 23.0. The Kier molecular flexibility index (Phi) is 5.67. The van der Waals surface area contributed by atoms with Crippen molar-refractivity contribution in [2.75, 3.05) is 43.0 Å². The molecule has 5 fully saturated rings. The second-order valence-corrected chi connectivity index (χ2v) is 13.5. The number of aromatic nitrogens is 3. The van der Waals surface area contributed by atoms with Crippen molar-refractivity contribution in [1.29, 1.82) is 5.26 Å². The number of thiazole rings is 1. The van der Waals surface area contributed by atoms with Gasteiger partial charge in [0.05, 0.1) is 22.3 Å². The molecule has 0 atom stereocenters. The number of benzene rings is 1. The van der Waals surface area contributed by atoms with E-state index in [-0.39, 0.29) is 11.2 Å². The Morgan fingerprint density at radius 2 is 1.83 bits per heavy atom. The molecule has 4 aliphatic carbocycles. The van der Waals surface area contributed by atoms with Crippen LogP contribution in [-0.4, -0.2) is 58.6 Å². The molecular formula is C32H32FN7OS. The average molecular weight is 582 g/mol. The molecule has 4 heterocycles. The number of fused-ring (bicyclic) bond motifs is 1. The average Bonchev–Trinajstić information content (AvgIpc) is 3.58. The lowest BCUT2D eigenvalue weighted by Gasteiger charge is -2.61. The summed E-state index contributed by atoms with van der Waals surface area (Å²) in [5, 5.41) is 15.7. The third kappa shape index (κ3) is 3.93. The number of hydrogen-bond acceptors (Lipinski definition) is 7. The third-order valence-electron chi connectivity index (χ3n) is 9.74. The molecule has 1 aromatic carbocycles. The summed E-state index contributed by atoms with van der Waals surface area (Å²) in [4.78, 5) is 25.1. The van der Waals surface area contributed by atoms with Gasteiger partial charge in [-0.2, -0.15) is 10.4 Å². The lowest BCUT2D eigenvalue weighted by atomic mass is 9.44. The Hall–Kier alpha value is -3.97. The number of carbonyl (C=O) groups excluding carboxylic acids is 1. The summed E-state index contributed by atoms with van der Waals surface area (Å²) < 4.78 is 15.6. The third-order valence-corrected chi connectivity index (χ3v) is 10.8. The number of aryl methyl sites for hydroxylation is 1. The molecule has 4 saturated carbocycles. The van der Waals surface area contributed by atoms with E-state index in [0.29, 0.717) is 27.5 Å². The number of piperazine rings is 1. The molecule has 10 heteroatoms. The van der Waals surface area contributed by atoms with Crippen LogP contribution in [0, 0.1) is 35.4 Å². The van der Waals surface area contributed by atoms with Crippen molar-refractivity contribution >= 4 is 39.3 Å². The minimum atomic E-state index is -0.320. The first-order valence-electron chi connectivity index (χ1n) is 14.8. The molecule has 42 heavy (non-hydrogen) atoms. The van der Waals surface area contributed by atoms with Gasteiger partial charge in [0.1, 0.15) is 22.5 Å². The molecule has 1 saturated heterocycles. The van der Waals surface area contributed by atoms with Gasteiger partial charge in [-0.05, 0) is 81.3 Å². The first-order valence-corrected chi connectivity index (χ1v) is 15.6. The van der Waals surface area contributed by atoms with Crippen LogP contribution in [0.25, 0.3) is 16.8 Å². The molecular weight excluding hydrogens is 549 g/mol. The maximum atomic E-state index is 13.6. The summed E-state index contributed by atoms with van der Waals surface area (Å²) in [6.07, 6.45) is 5.52. The maximum absolute atomic E-state index is 13.6. The van der Waals surface area contributed by atoms with Crippen LogP contribution < -0.4 is 9.80 Å². The van der Waals surface area contributed by atoms with Crippen molar-refractivity contribution in [3.8, 4) is 17.3 Å². The molecule has 3 aromatic heterocycles. The lowest BCUT2D eigenvalue weighted by molar-refractivity contribution is -0.177. The Bertz CT molecular complexity index is 1760. The van der Waals surface area contributed by atoms with Crippen molar-refractivity contribution in [1.82, 2.24) is 19.5 Å². The molecule has 0 radical (unpaired) electrons. The molecule has 8 nitrogen and oxygen atoms in total. The maximum Gasteiger partial charge on any atom is 0.228 e. The van der Waals surface area contributed by atoms with E-state index < -0.39 is 0 Å². The van der Waals surface area contributed by atoms with Gasteiger partial charge in [-0.1, -0.05) is 11.3 Å². The highest BCUT2D eigenvalue weighted by Gasteiger charge is 2.62. The molecule has 1 amide bonds.